The zero-order valence-corrected chi connectivity index (χ0v) is 21.3. The van der Waals surface area contributed by atoms with Gasteiger partial charge in [-0.1, -0.05) is 13.8 Å². The molecule has 1 amide bonds. The molecule has 1 saturated heterocycles. The highest BCUT2D eigenvalue weighted by Gasteiger charge is 2.37. The van der Waals surface area contributed by atoms with Gasteiger partial charge < -0.3 is 25.5 Å². The van der Waals surface area contributed by atoms with Crippen molar-refractivity contribution in [2.45, 2.75) is 58.7 Å². The molecule has 0 radical (unpaired) electrons. The average molecular weight is 504 g/mol. The van der Waals surface area contributed by atoms with Gasteiger partial charge in [0.2, 0.25) is 0 Å². The van der Waals surface area contributed by atoms with Crippen LogP contribution in [-0.2, 0) is 26.0 Å². The molecule has 0 unspecified atom stereocenters. The third kappa shape index (κ3) is 4.14. The number of nitrogens with two attached hydrogens (primary N) is 1. The molecule has 1 aliphatic carbocycles. The molecule has 4 N–H and O–H groups in total. The lowest BCUT2D eigenvalue weighted by Gasteiger charge is -2.31. The smallest absolute Gasteiger partial charge is 0.276 e. The van der Waals surface area contributed by atoms with Crippen LogP contribution < -0.4 is 20.7 Å². The molecule has 37 heavy (non-hydrogen) atoms. The van der Waals surface area contributed by atoms with Crippen molar-refractivity contribution >= 4 is 17.5 Å². The lowest BCUT2D eigenvalue weighted by molar-refractivity contribution is 0.0962. The van der Waals surface area contributed by atoms with Crippen molar-refractivity contribution in [2.75, 3.05) is 30.3 Å². The number of hydrogen-bond donors (Lipinski definition) is 3. The molecule has 3 aromatic rings. The number of aromatic nitrogens is 4. The van der Waals surface area contributed by atoms with Gasteiger partial charge in [0.05, 0.1) is 6.61 Å². The third-order valence-corrected chi connectivity index (χ3v) is 7.75. The first-order valence-electron chi connectivity index (χ1n) is 12.9. The first kappa shape index (κ1) is 23.9. The van der Waals surface area contributed by atoms with E-state index in [0.29, 0.717) is 53.8 Å². The van der Waals surface area contributed by atoms with E-state index in [1.54, 1.807) is 17.2 Å². The number of pyridine rings is 1. The number of aliphatic hydroxyl groups excluding tert-OH is 1. The minimum Gasteiger partial charge on any atom is -0.486 e. The monoisotopic (exact) mass is 503 g/mol. The second-order valence-electron chi connectivity index (χ2n) is 11.0. The number of carbonyl (C=O) groups excluding carboxylic acids is 1. The first-order chi connectivity index (χ1) is 17.9. The summed E-state index contributed by atoms with van der Waals surface area (Å²) in [5.74, 6) is 0.929. The number of ether oxygens (including phenoxy) is 1. The van der Waals surface area contributed by atoms with E-state index >= 15 is 0 Å². The molecule has 194 valence electrons. The Morgan fingerprint density at radius 3 is 2.89 bits per heavy atom. The molecule has 5 heterocycles. The largest absolute Gasteiger partial charge is 0.486 e. The van der Waals surface area contributed by atoms with Gasteiger partial charge >= 0.3 is 0 Å². The summed E-state index contributed by atoms with van der Waals surface area (Å²) in [6, 6.07) is 4.05. The van der Waals surface area contributed by atoms with E-state index in [0.717, 1.165) is 32.2 Å². The average Bonchev–Trinajstić information content (AvgIpc) is 3.58. The lowest BCUT2D eigenvalue weighted by atomic mass is 9.90. The Morgan fingerprint density at radius 2 is 2.11 bits per heavy atom. The van der Waals surface area contributed by atoms with Crippen molar-refractivity contribution in [3.05, 3.63) is 47.2 Å². The summed E-state index contributed by atoms with van der Waals surface area (Å²) >= 11 is 0. The van der Waals surface area contributed by atoms with Gasteiger partial charge in [-0.25, -0.2) is 15.0 Å². The molecule has 1 fully saturated rings. The fraction of sp³-hybridized carbons (Fsp3) is 0.481. The molecule has 3 aromatic heterocycles. The number of anilines is 2. The Bertz CT molecular complexity index is 1360. The second-order valence-corrected chi connectivity index (χ2v) is 11.0. The SMILES string of the molecule is CC1(C)Cc2cc3n(c2C1)CCN(c1nccc(-c2ncnc(N)c2OC[C@@H]2CCCN2)c1CO)C3=O. The van der Waals surface area contributed by atoms with E-state index in [9.17, 15) is 9.90 Å². The minimum absolute atomic E-state index is 0.108. The molecular formula is C27H33N7O3. The topological polar surface area (TPSA) is 131 Å². The van der Waals surface area contributed by atoms with Crippen molar-refractivity contribution in [3.8, 4) is 17.0 Å². The van der Waals surface area contributed by atoms with E-state index < -0.39 is 0 Å². The number of nitrogens with zero attached hydrogens (tertiary/aromatic N) is 5. The van der Waals surface area contributed by atoms with E-state index in [4.69, 9.17) is 10.5 Å². The van der Waals surface area contributed by atoms with Gasteiger partial charge in [0.25, 0.3) is 5.91 Å². The van der Waals surface area contributed by atoms with Crippen LogP contribution in [-0.4, -0.2) is 56.3 Å². The van der Waals surface area contributed by atoms with Gasteiger partial charge in [-0.15, -0.1) is 0 Å². The maximum atomic E-state index is 13.7. The Kier molecular flexibility index (Phi) is 5.88. The summed E-state index contributed by atoms with van der Waals surface area (Å²) in [6.07, 6.45) is 7.10. The Balaban J connectivity index is 1.35. The van der Waals surface area contributed by atoms with Crippen LogP contribution in [0.15, 0.2) is 24.7 Å². The highest BCUT2D eigenvalue weighted by atomic mass is 16.5. The van der Waals surface area contributed by atoms with E-state index in [2.05, 4.69) is 38.7 Å². The first-order valence-corrected chi connectivity index (χ1v) is 12.9. The van der Waals surface area contributed by atoms with Crippen LogP contribution in [0.2, 0.25) is 0 Å². The number of aliphatic hydroxyl groups is 1. The van der Waals surface area contributed by atoms with Gasteiger partial charge in [-0.05, 0) is 55.3 Å². The van der Waals surface area contributed by atoms with E-state index in [1.165, 1.54) is 17.6 Å². The van der Waals surface area contributed by atoms with Crippen LogP contribution in [0.4, 0.5) is 11.6 Å². The third-order valence-electron chi connectivity index (χ3n) is 7.75. The van der Waals surface area contributed by atoms with E-state index in [1.807, 2.05) is 6.07 Å². The second kappa shape index (κ2) is 9.11. The number of amides is 1. The van der Waals surface area contributed by atoms with E-state index in [-0.39, 0.29) is 29.8 Å². The minimum atomic E-state index is -0.318. The van der Waals surface area contributed by atoms with Crippen LogP contribution in [0.1, 0.15) is 54.0 Å². The predicted molar refractivity (Wildman–Crippen MR) is 139 cm³/mol. The fourth-order valence-corrected chi connectivity index (χ4v) is 6.01. The fourth-order valence-electron chi connectivity index (χ4n) is 6.01. The van der Waals surface area contributed by atoms with Gasteiger partial charge in [-0.2, -0.15) is 0 Å². The highest BCUT2D eigenvalue weighted by Crippen LogP contribution is 2.41. The number of rotatable bonds is 6. The summed E-state index contributed by atoms with van der Waals surface area (Å²) in [4.78, 5) is 28.5. The summed E-state index contributed by atoms with van der Waals surface area (Å²) in [7, 11) is 0. The summed E-state index contributed by atoms with van der Waals surface area (Å²) in [5.41, 5.74) is 11.2. The molecule has 3 aliphatic rings. The lowest BCUT2D eigenvalue weighted by Crippen LogP contribution is -2.41. The summed E-state index contributed by atoms with van der Waals surface area (Å²) < 4.78 is 8.28. The standard InChI is InChI=1S/C27H33N7O3/c1-27(2)11-16-10-20-26(36)34(9-8-33(20)21(16)12-27)25-19(13-35)18(5-7-30-25)22-23(24(28)32-15-31-22)37-14-17-4-3-6-29-17/h5,7,10,15,17,29,35H,3-4,6,8-9,11-14H2,1-2H3,(H2,28,31,32)/t17-/m0/s1. The number of carbonyl (C=O) groups is 1. The summed E-state index contributed by atoms with van der Waals surface area (Å²) in [5, 5.41) is 13.9. The van der Waals surface area contributed by atoms with Crippen LogP contribution in [0.25, 0.3) is 11.3 Å². The molecular weight excluding hydrogens is 470 g/mol. The molecule has 0 aromatic carbocycles. The Hall–Kier alpha value is -3.50. The molecule has 2 aliphatic heterocycles. The van der Waals surface area contributed by atoms with Crippen molar-refractivity contribution in [1.82, 2.24) is 24.8 Å². The highest BCUT2D eigenvalue weighted by molar-refractivity contribution is 6.06. The molecule has 0 spiro atoms. The van der Waals surface area contributed by atoms with Crippen LogP contribution in [0, 0.1) is 5.41 Å². The number of hydrogen-bond acceptors (Lipinski definition) is 8. The molecule has 1 atom stereocenters. The van der Waals surface area contributed by atoms with Gasteiger partial charge in [-0.3, -0.25) is 9.69 Å². The normalized spacial score (nSPS) is 20.2. The molecule has 6 rings (SSSR count). The predicted octanol–water partition coefficient (Wildman–Crippen LogP) is 2.33. The molecule has 10 heteroatoms. The van der Waals surface area contributed by atoms with Gasteiger partial charge in [0, 0.05) is 42.1 Å². The summed E-state index contributed by atoms with van der Waals surface area (Å²) in [6.45, 7) is 6.79. The quantitative estimate of drug-likeness (QED) is 0.467. The van der Waals surface area contributed by atoms with Crippen LogP contribution in [0.3, 0.4) is 0 Å². The van der Waals surface area contributed by atoms with Crippen molar-refractivity contribution in [2.24, 2.45) is 5.41 Å². The maximum absolute atomic E-state index is 13.7. The molecule has 0 saturated carbocycles. The molecule has 0 bridgehead atoms. The zero-order valence-electron chi connectivity index (χ0n) is 21.3. The van der Waals surface area contributed by atoms with Gasteiger partial charge in [0.1, 0.15) is 30.1 Å². The van der Waals surface area contributed by atoms with Gasteiger partial charge in [0.15, 0.2) is 11.6 Å². The Labute approximate surface area is 215 Å². The van der Waals surface area contributed by atoms with Crippen LogP contribution in [0.5, 0.6) is 5.75 Å². The number of fused-ring (bicyclic) bond motifs is 3. The number of nitrogens with one attached hydrogen (secondary N) is 1. The van der Waals surface area contributed by atoms with Crippen LogP contribution >= 0.6 is 0 Å². The van der Waals surface area contributed by atoms with Crippen molar-refractivity contribution < 1.29 is 14.6 Å². The zero-order chi connectivity index (χ0) is 25.7. The van der Waals surface area contributed by atoms with Crippen molar-refractivity contribution in [1.29, 1.82) is 0 Å². The number of nitrogen functional groups attached to an aromatic ring is 1. The van der Waals surface area contributed by atoms with Crippen molar-refractivity contribution in [3.63, 3.8) is 0 Å². The maximum Gasteiger partial charge on any atom is 0.276 e. The Morgan fingerprint density at radius 1 is 1.24 bits per heavy atom. The molecule has 10 nitrogen and oxygen atoms in total.